The molecule has 2 aromatic rings. The number of rotatable bonds is 4. The van der Waals surface area contributed by atoms with Crippen molar-refractivity contribution in [3.8, 4) is 17.0 Å². The molecule has 0 radical (unpaired) electrons. The predicted octanol–water partition coefficient (Wildman–Crippen LogP) is 3.58. The van der Waals surface area contributed by atoms with E-state index in [0.29, 0.717) is 6.61 Å². The van der Waals surface area contributed by atoms with Crippen LogP contribution in [0.3, 0.4) is 0 Å². The summed E-state index contributed by atoms with van der Waals surface area (Å²) in [4.78, 5) is 4.58. The Morgan fingerprint density at radius 2 is 1.94 bits per heavy atom. The lowest BCUT2D eigenvalue weighted by atomic mass is 10.0. The summed E-state index contributed by atoms with van der Waals surface area (Å²) in [6.07, 6.45) is 0. The van der Waals surface area contributed by atoms with Crippen LogP contribution in [0.25, 0.3) is 11.3 Å². The smallest absolute Gasteiger partial charge is 0.122 e. The Labute approximate surface area is 111 Å². The minimum absolute atomic E-state index is 0.568. The second-order valence-electron chi connectivity index (χ2n) is 4.12. The van der Waals surface area contributed by atoms with Crippen molar-refractivity contribution in [1.82, 2.24) is 4.98 Å². The van der Waals surface area contributed by atoms with E-state index in [0.717, 1.165) is 27.6 Å². The second-order valence-corrected chi connectivity index (χ2v) is 5.07. The van der Waals surface area contributed by atoms with Gasteiger partial charge in [-0.25, -0.2) is 4.98 Å². The van der Waals surface area contributed by atoms with Crippen molar-refractivity contribution in [3.05, 3.63) is 33.6 Å². The zero-order valence-electron chi connectivity index (χ0n) is 11.1. The third-order valence-corrected chi connectivity index (χ3v) is 3.88. The van der Waals surface area contributed by atoms with E-state index in [9.17, 15) is 0 Å². The van der Waals surface area contributed by atoms with Gasteiger partial charge in [-0.1, -0.05) is 0 Å². The summed E-state index contributed by atoms with van der Waals surface area (Å²) < 4.78 is 10.4. The van der Waals surface area contributed by atoms with Gasteiger partial charge in [-0.3, -0.25) is 0 Å². The molecular weight excluding hydrogens is 246 g/mol. The number of aromatic nitrogens is 1. The molecule has 0 aliphatic rings. The molecule has 0 unspecified atom stereocenters. The largest absolute Gasteiger partial charge is 0.496 e. The highest BCUT2D eigenvalue weighted by atomic mass is 32.1. The molecule has 0 amide bonds. The maximum absolute atomic E-state index is 5.32. The van der Waals surface area contributed by atoms with Crippen LogP contribution >= 0.6 is 11.3 Å². The number of hydrogen-bond acceptors (Lipinski definition) is 4. The zero-order chi connectivity index (χ0) is 13.1. The monoisotopic (exact) mass is 263 g/mol. The lowest BCUT2D eigenvalue weighted by Gasteiger charge is -2.10. The molecule has 1 aromatic heterocycles. The molecule has 0 fully saturated rings. The number of thiazole rings is 1. The zero-order valence-corrected chi connectivity index (χ0v) is 11.9. The Hall–Kier alpha value is -1.39. The molecule has 18 heavy (non-hydrogen) atoms. The van der Waals surface area contributed by atoms with Gasteiger partial charge in [0.25, 0.3) is 0 Å². The fraction of sp³-hybridized carbons (Fsp3) is 0.357. The van der Waals surface area contributed by atoms with E-state index in [1.165, 1.54) is 5.56 Å². The lowest BCUT2D eigenvalue weighted by molar-refractivity contribution is 0.184. The summed E-state index contributed by atoms with van der Waals surface area (Å²) in [6, 6.07) is 4.06. The molecule has 3 nitrogen and oxygen atoms in total. The number of benzene rings is 1. The van der Waals surface area contributed by atoms with Gasteiger partial charge in [0.05, 0.1) is 19.4 Å². The SMILES string of the molecule is COCc1nc(-c2ccc(OC)c(C)c2C)cs1. The highest BCUT2D eigenvalue weighted by molar-refractivity contribution is 7.09. The van der Waals surface area contributed by atoms with E-state index >= 15 is 0 Å². The molecule has 0 atom stereocenters. The molecule has 0 aliphatic heterocycles. The molecule has 0 N–H and O–H groups in total. The minimum Gasteiger partial charge on any atom is -0.496 e. The maximum Gasteiger partial charge on any atom is 0.122 e. The first-order valence-electron chi connectivity index (χ1n) is 5.75. The summed E-state index contributed by atoms with van der Waals surface area (Å²) >= 11 is 1.63. The average Bonchev–Trinajstić information content (AvgIpc) is 2.81. The molecule has 1 heterocycles. The first-order chi connectivity index (χ1) is 8.67. The Kier molecular flexibility index (Phi) is 3.99. The van der Waals surface area contributed by atoms with Crippen LogP contribution in [-0.2, 0) is 11.3 Å². The van der Waals surface area contributed by atoms with Crippen molar-refractivity contribution in [1.29, 1.82) is 0 Å². The van der Waals surface area contributed by atoms with Crippen LogP contribution in [0.5, 0.6) is 5.75 Å². The van der Waals surface area contributed by atoms with Crippen molar-refractivity contribution in [3.63, 3.8) is 0 Å². The fourth-order valence-electron chi connectivity index (χ4n) is 1.92. The second kappa shape index (κ2) is 5.50. The minimum atomic E-state index is 0.568. The van der Waals surface area contributed by atoms with E-state index in [-0.39, 0.29) is 0 Å². The normalized spacial score (nSPS) is 10.7. The number of hydrogen-bond donors (Lipinski definition) is 0. The van der Waals surface area contributed by atoms with Crippen LogP contribution in [0, 0.1) is 13.8 Å². The molecule has 0 saturated carbocycles. The van der Waals surface area contributed by atoms with E-state index in [4.69, 9.17) is 9.47 Å². The number of methoxy groups -OCH3 is 2. The Morgan fingerprint density at radius 1 is 1.17 bits per heavy atom. The average molecular weight is 263 g/mol. The van der Waals surface area contributed by atoms with Crippen molar-refractivity contribution in [2.45, 2.75) is 20.5 Å². The van der Waals surface area contributed by atoms with Gasteiger partial charge in [0.1, 0.15) is 10.8 Å². The van der Waals surface area contributed by atoms with Crippen LogP contribution in [0.15, 0.2) is 17.5 Å². The number of nitrogens with zero attached hydrogens (tertiary/aromatic N) is 1. The van der Waals surface area contributed by atoms with Gasteiger partial charge in [-0.05, 0) is 37.1 Å². The van der Waals surface area contributed by atoms with Gasteiger partial charge < -0.3 is 9.47 Å². The highest BCUT2D eigenvalue weighted by Gasteiger charge is 2.11. The maximum atomic E-state index is 5.32. The molecule has 96 valence electrons. The molecule has 1 aromatic carbocycles. The predicted molar refractivity (Wildman–Crippen MR) is 74.3 cm³/mol. The third-order valence-electron chi connectivity index (χ3n) is 3.05. The van der Waals surface area contributed by atoms with Crippen LogP contribution in [0.4, 0.5) is 0 Å². The quantitative estimate of drug-likeness (QED) is 0.845. The molecule has 0 spiro atoms. The van der Waals surface area contributed by atoms with Crippen molar-refractivity contribution in [2.75, 3.05) is 14.2 Å². The van der Waals surface area contributed by atoms with Crippen LogP contribution in [-0.4, -0.2) is 19.2 Å². The van der Waals surface area contributed by atoms with E-state index in [1.807, 2.05) is 6.07 Å². The molecule has 0 aliphatic carbocycles. The first kappa shape index (κ1) is 13.1. The van der Waals surface area contributed by atoms with Gasteiger partial charge >= 0.3 is 0 Å². The summed E-state index contributed by atoms with van der Waals surface area (Å²) in [5.41, 5.74) is 4.54. The molecular formula is C14H17NO2S. The topological polar surface area (TPSA) is 31.4 Å². The Morgan fingerprint density at radius 3 is 2.61 bits per heavy atom. The fourth-order valence-corrected chi connectivity index (χ4v) is 2.68. The van der Waals surface area contributed by atoms with E-state index < -0.39 is 0 Å². The summed E-state index contributed by atoms with van der Waals surface area (Å²) in [5, 5.41) is 3.07. The van der Waals surface area contributed by atoms with E-state index in [1.54, 1.807) is 25.6 Å². The standard InChI is InChI=1S/C14H17NO2S/c1-9-10(2)13(17-4)6-5-11(9)12-8-18-14(15-12)7-16-3/h5-6,8H,7H2,1-4H3. The van der Waals surface area contributed by atoms with Crippen molar-refractivity contribution >= 4 is 11.3 Å². The summed E-state index contributed by atoms with van der Waals surface area (Å²) in [6.45, 7) is 4.74. The van der Waals surface area contributed by atoms with Crippen LogP contribution in [0.1, 0.15) is 16.1 Å². The molecule has 0 bridgehead atoms. The highest BCUT2D eigenvalue weighted by Crippen LogP contribution is 2.31. The summed E-state index contributed by atoms with van der Waals surface area (Å²) in [7, 11) is 3.38. The molecule has 2 rings (SSSR count). The van der Waals surface area contributed by atoms with Gasteiger partial charge in [-0.2, -0.15) is 0 Å². The third kappa shape index (κ3) is 2.40. The Balaban J connectivity index is 2.41. The molecule has 0 saturated heterocycles. The van der Waals surface area contributed by atoms with Crippen molar-refractivity contribution in [2.24, 2.45) is 0 Å². The number of ether oxygens (including phenoxy) is 2. The van der Waals surface area contributed by atoms with E-state index in [2.05, 4.69) is 30.3 Å². The Bertz CT molecular complexity index is 549. The van der Waals surface area contributed by atoms with Crippen molar-refractivity contribution < 1.29 is 9.47 Å². The first-order valence-corrected chi connectivity index (χ1v) is 6.63. The molecule has 4 heteroatoms. The van der Waals surface area contributed by atoms with Gasteiger partial charge in [-0.15, -0.1) is 11.3 Å². The summed E-state index contributed by atoms with van der Waals surface area (Å²) in [5.74, 6) is 0.920. The van der Waals surface area contributed by atoms with Gasteiger partial charge in [0, 0.05) is 18.1 Å². The van der Waals surface area contributed by atoms with Crippen LogP contribution < -0.4 is 4.74 Å². The van der Waals surface area contributed by atoms with Gasteiger partial charge in [0.2, 0.25) is 0 Å². The lowest BCUT2D eigenvalue weighted by Crippen LogP contribution is -1.93. The van der Waals surface area contributed by atoms with Gasteiger partial charge in [0.15, 0.2) is 0 Å². The van der Waals surface area contributed by atoms with Crippen LogP contribution in [0.2, 0.25) is 0 Å².